The third kappa shape index (κ3) is 2.84. The van der Waals surface area contributed by atoms with E-state index in [1.807, 2.05) is 0 Å². The second-order valence-corrected chi connectivity index (χ2v) is 5.64. The Labute approximate surface area is 115 Å². The molecule has 0 fully saturated rings. The molecule has 19 heavy (non-hydrogen) atoms. The molecule has 0 saturated carbocycles. The molecule has 1 aromatic carbocycles. The van der Waals surface area contributed by atoms with E-state index in [2.05, 4.69) is 29.6 Å². The quantitative estimate of drug-likeness (QED) is 0.837. The molecule has 1 aliphatic heterocycles. The summed E-state index contributed by atoms with van der Waals surface area (Å²) in [5.74, 6) is 0.943. The number of nitrogens with one attached hydrogen (secondary N) is 1. The minimum Gasteiger partial charge on any atom is -0.497 e. The maximum atomic E-state index is 5.22. The molecular weight excluding hydrogens is 234 g/mol. The minimum absolute atomic E-state index is 0.567. The average molecular weight is 257 g/mol. The largest absolute Gasteiger partial charge is 0.497 e. The molecular formula is C17H23NO. The highest BCUT2D eigenvalue weighted by atomic mass is 16.5. The first-order valence-electron chi connectivity index (χ1n) is 7.44. The molecule has 0 unspecified atom stereocenters. The Morgan fingerprint density at radius 3 is 2.68 bits per heavy atom. The molecule has 0 radical (unpaired) electrons. The van der Waals surface area contributed by atoms with Gasteiger partial charge in [-0.3, -0.25) is 0 Å². The Balaban J connectivity index is 1.74. The van der Waals surface area contributed by atoms with Crippen LogP contribution < -0.4 is 10.1 Å². The first kappa shape index (κ1) is 12.7. The normalized spacial score (nSPS) is 23.1. The van der Waals surface area contributed by atoms with Gasteiger partial charge >= 0.3 is 0 Å². The molecule has 0 bridgehead atoms. The third-order valence-corrected chi connectivity index (χ3v) is 4.47. The maximum absolute atomic E-state index is 5.22. The van der Waals surface area contributed by atoms with Gasteiger partial charge in [-0.2, -0.15) is 0 Å². The van der Waals surface area contributed by atoms with Gasteiger partial charge in [0.1, 0.15) is 5.75 Å². The highest BCUT2D eigenvalue weighted by Gasteiger charge is 2.24. The summed E-state index contributed by atoms with van der Waals surface area (Å²) in [6.45, 7) is 1.15. The lowest BCUT2D eigenvalue weighted by atomic mass is 9.81. The number of ether oxygens (including phenoxy) is 1. The van der Waals surface area contributed by atoms with Crippen LogP contribution in [0, 0.1) is 0 Å². The predicted octanol–water partition coefficient (Wildman–Crippen LogP) is 3.47. The molecule has 0 aromatic heterocycles. The van der Waals surface area contributed by atoms with Crippen molar-refractivity contribution in [2.45, 2.75) is 44.6 Å². The molecule has 0 amide bonds. The third-order valence-electron chi connectivity index (χ3n) is 4.47. The maximum Gasteiger partial charge on any atom is 0.118 e. The molecule has 3 rings (SSSR count). The number of benzene rings is 1. The molecule has 1 atom stereocenters. The minimum atomic E-state index is 0.567. The summed E-state index contributed by atoms with van der Waals surface area (Å²) in [5, 5.41) is 3.71. The van der Waals surface area contributed by atoms with Crippen LogP contribution in [0.1, 0.15) is 37.7 Å². The van der Waals surface area contributed by atoms with E-state index in [1.54, 1.807) is 18.3 Å². The van der Waals surface area contributed by atoms with Crippen molar-refractivity contribution in [3.8, 4) is 5.75 Å². The fraction of sp³-hybridized carbons (Fsp3) is 0.529. The highest BCUT2D eigenvalue weighted by Crippen LogP contribution is 2.32. The summed E-state index contributed by atoms with van der Waals surface area (Å²) >= 11 is 0. The molecule has 1 heterocycles. The zero-order valence-corrected chi connectivity index (χ0v) is 11.7. The Morgan fingerprint density at radius 2 is 1.89 bits per heavy atom. The number of methoxy groups -OCH3 is 1. The van der Waals surface area contributed by atoms with Gasteiger partial charge in [0.15, 0.2) is 0 Å². The van der Waals surface area contributed by atoms with E-state index in [4.69, 9.17) is 4.74 Å². The molecule has 0 saturated heterocycles. The van der Waals surface area contributed by atoms with Crippen LogP contribution in [0.2, 0.25) is 0 Å². The first-order valence-corrected chi connectivity index (χ1v) is 7.44. The fourth-order valence-electron chi connectivity index (χ4n) is 3.41. The van der Waals surface area contributed by atoms with Gasteiger partial charge in [-0.15, -0.1) is 0 Å². The standard InChI is InChI=1S/C17H23NO/c1-19-15-8-6-13(7-9-15)12-17-16-5-3-2-4-14(16)10-11-18-17/h6-9,17-18H,2-5,10-12H2,1H3/t17-/m1/s1. The smallest absolute Gasteiger partial charge is 0.118 e. The van der Waals surface area contributed by atoms with Crippen LogP contribution in [0.3, 0.4) is 0 Å². The van der Waals surface area contributed by atoms with Crippen molar-refractivity contribution in [3.63, 3.8) is 0 Å². The van der Waals surface area contributed by atoms with Gasteiger partial charge in [0.25, 0.3) is 0 Å². The molecule has 2 heteroatoms. The van der Waals surface area contributed by atoms with Crippen LogP contribution in [0.5, 0.6) is 5.75 Å². The number of hydrogen-bond acceptors (Lipinski definition) is 2. The van der Waals surface area contributed by atoms with Gasteiger partial charge in [-0.25, -0.2) is 0 Å². The van der Waals surface area contributed by atoms with Crippen LogP contribution in [0.25, 0.3) is 0 Å². The van der Waals surface area contributed by atoms with Crippen LogP contribution in [-0.2, 0) is 6.42 Å². The molecule has 2 aliphatic rings. The fourth-order valence-corrected chi connectivity index (χ4v) is 3.41. The summed E-state index contributed by atoms with van der Waals surface area (Å²) in [5.41, 5.74) is 4.87. The van der Waals surface area contributed by atoms with Crippen LogP contribution in [0.15, 0.2) is 35.4 Å². The van der Waals surface area contributed by atoms with E-state index in [1.165, 1.54) is 37.7 Å². The first-order chi connectivity index (χ1) is 9.36. The van der Waals surface area contributed by atoms with Gasteiger partial charge in [0, 0.05) is 6.04 Å². The number of rotatable bonds is 3. The van der Waals surface area contributed by atoms with Crippen LogP contribution >= 0.6 is 0 Å². The van der Waals surface area contributed by atoms with E-state index in [9.17, 15) is 0 Å². The zero-order chi connectivity index (χ0) is 13.1. The summed E-state index contributed by atoms with van der Waals surface area (Å²) in [6.07, 6.45) is 7.81. The Bertz CT molecular complexity index is 457. The van der Waals surface area contributed by atoms with Gasteiger partial charge < -0.3 is 10.1 Å². The summed E-state index contributed by atoms with van der Waals surface area (Å²) in [6, 6.07) is 9.08. The van der Waals surface area contributed by atoms with Crippen molar-refractivity contribution in [2.24, 2.45) is 0 Å². The van der Waals surface area contributed by atoms with E-state index in [-0.39, 0.29) is 0 Å². The average Bonchev–Trinajstić information content (AvgIpc) is 2.48. The van der Waals surface area contributed by atoms with Crippen LogP contribution in [0.4, 0.5) is 0 Å². The van der Waals surface area contributed by atoms with Gasteiger partial charge in [0.05, 0.1) is 7.11 Å². The molecule has 2 nitrogen and oxygen atoms in total. The van der Waals surface area contributed by atoms with E-state index >= 15 is 0 Å². The molecule has 1 aromatic rings. The monoisotopic (exact) mass is 257 g/mol. The van der Waals surface area contributed by atoms with Crippen molar-refractivity contribution in [2.75, 3.05) is 13.7 Å². The van der Waals surface area contributed by atoms with E-state index < -0.39 is 0 Å². The topological polar surface area (TPSA) is 21.3 Å². The van der Waals surface area contributed by atoms with Crippen molar-refractivity contribution in [1.82, 2.24) is 5.32 Å². The lowest BCUT2D eigenvalue weighted by Crippen LogP contribution is -2.39. The van der Waals surface area contributed by atoms with Crippen molar-refractivity contribution >= 4 is 0 Å². The summed E-state index contributed by atoms with van der Waals surface area (Å²) < 4.78 is 5.22. The Morgan fingerprint density at radius 1 is 1.11 bits per heavy atom. The molecule has 1 N–H and O–H groups in total. The Hall–Kier alpha value is -1.28. The Kier molecular flexibility index (Phi) is 3.88. The molecule has 0 spiro atoms. The van der Waals surface area contributed by atoms with E-state index in [0.717, 1.165) is 18.7 Å². The molecule has 1 aliphatic carbocycles. The van der Waals surface area contributed by atoms with Crippen LogP contribution in [-0.4, -0.2) is 19.7 Å². The lowest BCUT2D eigenvalue weighted by molar-refractivity contribution is 0.414. The summed E-state index contributed by atoms with van der Waals surface area (Å²) in [4.78, 5) is 0. The highest BCUT2D eigenvalue weighted by molar-refractivity contribution is 5.31. The lowest BCUT2D eigenvalue weighted by Gasteiger charge is -2.33. The molecule has 102 valence electrons. The van der Waals surface area contributed by atoms with E-state index in [0.29, 0.717) is 6.04 Å². The summed E-state index contributed by atoms with van der Waals surface area (Å²) in [7, 11) is 1.72. The number of hydrogen-bond donors (Lipinski definition) is 1. The second-order valence-electron chi connectivity index (χ2n) is 5.64. The van der Waals surface area contributed by atoms with Crippen molar-refractivity contribution in [3.05, 3.63) is 41.0 Å². The van der Waals surface area contributed by atoms with Crippen molar-refractivity contribution in [1.29, 1.82) is 0 Å². The zero-order valence-electron chi connectivity index (χ0n) is 11.7. The van der Waals surface area contributed by atoms with Crippen molar-refractivity contribution < 1.29 is 4.74 Å². The van der Waals surface area contributed by atoms with Gasteiger partial charge in [0.2, 0.25) is 0 Å². The second kappa shape index (κ2) is 5.79. The predicted molar refractivity (Wildman–Crippen MR) is 78.6 cm³/mol. The van der Waals surface area contributed by atoms with Gasteiger partial charge in [-0.05, 0) is 62.8 Å². The SMILES string of the molecule is COc1ccc(C[C@H]2NCCC3=C2CCCC3)cc1. The van der Waals surface area contributed by atoms with Gasteiger partial charge in [-0.1, -0.05) is 23.3 Å².